The monoisotopic (exact) mass is 402 g/mol. The second kappa shape index (κ2) is 6.69. The van der Waals surface area contributed by atoms with Crippen molar-refractivity contribution in [1.82, 2.24) is 9.97 Å². The molecule has 6 heteroatoms. The molecule has 1 fully saturated rings. The molecule has 3 heterocycles. The zero-order chi connectivity index (χ0) is 16.5. The van der Waals surface area contributed by atoms with Gasteiger partial charge >= 0.3 is 0 Å². The van der Waals surface area contributed by atoms with Gasteiger partial charge in [-0.25, -0.2) is 9.97 Å². The van der Waals surface area contributed by atoms with Gasteiger partial charge in [-0.2, -0.15) is 0 Å². The number of pyridine rings is 1. The Morgan fingerprint density at radius 1 is 1.00 bits per heavy atom. The maximum Gasteiger partial charge on any atom is 0.185 e. The molecule has 24 heavy (non-hydrogen) atoms. The Morgan fingerprint density at radius 3 is 2.67 bits per heavy atom. The van der Waals surface area contributed by atoms with Gasteiger partial charge in [0.2, 0.25) is 0 Å². The van der Waals surface area contributed by atoms with E-state index in [1.807, 2.05) is 12.1 Å². The zero-order valence-electron chi connectivity index (χ0n) is 13.6. The summed E-state index contributed by atoms with van der Waals surface area (Å²) in [6.45, 7) is 6.11. The van der Waals surface area contributed by atoms with Crippen molar-refractivity contribution in [2.75, 3.05) is 36.0 Å². The van der Waals surface area contributed by atoms with Gasteiger partial charge in [0.25, 0.3) is 0 Å². The molecule has 0 bridgehead atoms. The highest BCUT2D eigenvalue weighted by Crippen LogP contribution is 2.26. The maximum atomic E-state index is 4.89. The summed E-state index contributed by atoms with van der Waals surface area (Å²) in [5, 5.41) is 4.44. The first-order chi connectivity index (χ1) is 11.7. The average molecular weight is 403 g/mol. The molecule has 124 valence electrons. The molecule has 0 aliphatic carbocycles. The van der Waals surface area contributed by atoms with Crippen LogP contribution in [0.5, 0.6) is 0 Å². The normalized spacial score (nSPS) is 15.8. The van der Waals surface area contributed by atoms with Gasteiger partial charge in [-0.15, -0.1) is 11.3 Å². The van der Waals surface area contributed by atoms with E-state index in [1.54, 1.807) is 11.3 Å². The Balaban J connectivity index is 1.56. The standard InChI is InChI=1S/C18H19BrN4S/c1-13-12-24-18(20-13)23-9-3-8-22(10-11-23)16-7-6-14-4-2-5-15(19)17(14)21-16/h2,4-7,12H,3,8-11H2,1H3. The van der Waals surface area contributed by atoms with Gasteiger partial charge in [0, 0.05) is 41.4 Å². The van der Waals surface area contributed by atoms with Gasteiger partial charge in [0.1, 0.15) is 5.82 Å². The van der Waals surface area contributed by atoms with Crippen LogP contribution in [-0.2, 0) is 0 Å². The lowest BCUT2D eigenvalue weighted by molar-refractivity contribution is 0.798. The molecule has 1 aliphatic heterocycles. The minimum Gasteiger partial charge on any atom is -0.355 e. The molecule has 0 unspecified atom stereocenters. The summed E-state index contributed by atoms with van der Waals surface area (Å²) in [5.41, 5.74) is 2.14. The lowest BCUT2D eigenvalue weighted by atomic mass is 10.2. The first-order valence-corrected chi connectivity index (χ1v) is 9.85. The maximum absolute atomic E-state index is 4.89. The Morgan fingerprint density at radius 2 is 1.83 bits per heavy atom. The molecule has 0 N–H and O–H groups in total. The van der Waals surface area contributed by atoms with Crippen LogP contribution < -0.4 is 9.80 Å². The van der Waals surface area contributed by atoms with E-state index in [-0.39, 0.29) is 0 Å². The molecule has 1 aromatic carbocycles. The minimum absolute atomic E-state index is 0.974. The highest BCUT2D eigenvalue weighted by atomic mass is 79.9. The molecule has 1 aliphatic rings. The molecule has 0 saturated carbocycles. The lowest BCUT2D eigenvalue weighted by Gasteiger charge is -2.23. The lowest BCUT2D eigenvalue weighted by Crippen LogP contribution is -2.31. The van der Waals surface area contributed by atoms with Crippen LogP contribution in [0, 0.1) is 6.92 Å². The van der Waals surface area contributed by atoms with E-state index in [1.165, 1.54) is 5.39 Å². The van der Waals surface area contributed by atoms with Gasteiger partial charge in [-0.1, -0.05) is 12.1 Å². The molecule has 0 amide bonds. The van der Waals surface area contributed by atoms with E-state index >= 15 is 0 Å². The van der Waals surface area contributed by atoms with E-state index in [9.17, 15) is 0 Å². The topological polar surface area (TPSA) is 32.3 Å². The number of thiazole rings is 1. The average Bonchev–Trinajstić information content (AvgIpc) is 2.88. The summed E-state index contributed by atoms with van der Waals surface area (Å²) in [6, 6.07) is 10.5. The second-order valence-electron chi connectivity index (χ2n) is 6.08. The van der Waals surface area contributed by atoms with Crippen LogP contribution >= 0.6 is 27.3 Å². The summed E-state index contributed by atoms with van der Waals surface area (Å²) >= 11 is 5.36. The van der Waals surface area contributed by atoms with Gasteiger partial charge in [-0.3, -0.25) is 0 Å². The summed E-state index contributed by atoms with van der Waals surface area (Å²) in [6.07, 6.45) is 1.12. The van der Waals surface area contributed by atoms with Gasteiger partial charge in [-0.05, 0) is 47.5 Å². The number of hydrogen-bond donors (Lipinski definition) is 0. The van der Waals surface area contributed by atoms with E-state index in [2.05, 4.69) is 61.2 Å². The van der Waals surface area contributed by atoms with E-state index in [0.717, 1.165) is 59.2 Å². The zero-order valence-corrected chi connectivity index (χ0v) is 16.0. The molecule has 2 aromatic heterocycles. The number of hydrogen-bond acceptors (Lipinski definition) is 5. The molecular weight excluding hydrogens is 384 g/mol. The Hall–Kier alpha value is -1.66. The first-order valence-electron chi connectivity index (χ1n) is 8.18. The number of aryl methyl sites for hydroxylation is 1. The second-order valence-corrected chi connectivity index (χ2v) is 7.77. The number of halogens is 1. The molecule has 4 rings (SSSR count). The summed E-state index contributed by atoms with van der Waals surface area (Å²) in [7, 11) is 0. The van der Waals surface area contributed by atoms with Crippen molar-refractivity contribution < 1.29 is 0 Å². The first kappa shape index (κ1) is 15.8. The van der Waals surface area contributed by atoms with Crippen molar-refractivity contribution in [2.45, 2.75) is 13.3 Å². The van der Waals surface area contributed by atoms with Crippen LogP contribution in [0.15, 0.2) is 40.2 Å². The number of para-hydroxylation sites is 1. The number of rotatable bonds is 2. The number of benzene rings is 1. The van der Waals surface area contributed by atoms with Crippen LogP contribution in [0.1, 0.15) is 12.1 Å². The third kappa shape index (κ3) is 3.13. The summed E-state index contributed by atoms with van der Waals surface area (Å²) < 4.78 is 1.05. The summed E-state index contributed by atoms with van der Waals surface area (Å²) in [5.74, 6) is 1.06. The fourth-order valence-corrected chi connectivity index (χ4v) is 4.43. The Bertz CT molecular complexity index is 863. The highest BCUT2D eigenvalue weighted by Gasteiger charge is 2.18. The van der Waals surface area contributed by atoms with Crippen LogP contribution in [0.4, 0.5) is 10.9 Å². The number of aromatic nitrogens is 2. The summed E-state index contributed by atoms with van der Waals surface area (Å²) in [4.78, 5) is 14.3. The molecular formula is C18H19BrN4S. The predicted octanol–water partition coefficient (Wildman–Crippen LogP) is 4.48. The third-order valence-electron chi connectivity index (χ3n) is 4.35. The Labute approximate surface area is 154 Å². The molecule has 0 radical (unpaired) electrons. The van der Waals surface area contributed by atoms with Crippen molar-refractivity contribution in [2.24, 2.45) is 0 Å². The smallest absolute Gasteiger partial charge is 0.185 e. The molecule has 0 atom stereocenters. The largest absolute Gasteiger partial charge is 0.355 e. The highest BCUT2D eigenvalue weighted by molar-refractivity contribution is 9.10. The van der Waals surface area contributed by atoms with Gasteiger partial charge in [0.15, 0.2) is 5.13 Å². The Kier molecular flexibility index (Phi) is 4.41. The van der Waals surface area contributed by atoms with Gasteiger partial charge in [0.05, 0.1) is 11.2 Å². The van der Waals surface area contributed by atoms with E-state index in [4.69, 9.17) is 4.98 Å². The van der Waals surface area contributed by atoms with Crippen LogP contribution in [0.25, 0.3) is 10.9 Å². The van der Waals surface area contributed by atoms with Crippen LogP contribution in [0.2, 0.25) is 0 Å². The fourth-order valence-electron chi connectivity index (χ4n) is 3.10. The van der Waals surface area contributed by atoms with Crippen molar-refractivity contribution >= 4 is 49.1 Å². The quantitative estimate of drug-likeness (QED) is 0.632. The number of anilines is 2. The SMILES string of the molecule is Cc1csc(N2CCCN(c3ccc4cccc(Br)c4n3)CC2)n1. The van der Waals surface area contributed by atoms with Crippen molar-refractivity contribution in [3.05, 3.63) is 45.9 Å². The van der Waals surface area contributed by atoms with E-state index in [0.29, 0.717) is 0 Å². The minimum atomic E-state index is 0.974. The van der Waals surface area contributed by atoms with Crippen molar-refractivity contribution in [3.63, 3.8) is 0 Å². The fraction of sp³-hybridized carbons (Fsp3) is 0.333. The van der Waals surface area contributed by atoms with Crippen molar-refractivity contribution in [1.29, 1.82) is 0 Å². The molecule has 4 nitrogen and oxygen atoms in total. The predicted molar refractivity (Wildman–Crippen MR) is 105 cm³/mol. The van der Waals surface area contributed by atoms with Crippen LogP contribution in [0.3, 0.4) is 0 Å². The van der Waals surface area contributed by atoms with E-state index < -0.39 is 0 Å². The van der Waals surface area contributed by atoms with Gasteiger partial charge < -0.3 is 9.80 Å². The molecule has 3 aromatic rings. The van der Waals surface area contributed by atoms with Crippen molar-refractivity contribution in [3.8, 4) is 0 Å². The number of fused-ring (bicyclic) bond motifs is 1. The molecule has 1 saturated heterocycles. The number of nitrogens with zero attached hydrogens (tertiary/aromatic N) is 4. The third-order valence-corrected chi connectivity index (χ3v) is 6.01. The van der Waals surface area contributed by atoms with Crippen LogP contribution in [-0.4, -0.2) is 36.1 Å². The molecule has 0 spiro atoms.